The number of amides is 2. The van der Waals surface area contributed by atoms with Crippen LogP contribution in [0.25, 0.3) is 0 Å². The van der Waals surface area contributed by atoms with Crippen LogP contribution in [-0.4, -0.2) is 16.9 Å². The number of hydrazine groups is 1. The first-order valence-electron chi connectivity index (χ1n) is 5.71. The van der Waals surface area contributed by atoms with Crippen LogP contribution in [0.3, 0.4) is 0 Å². The fraction of sp³-hybridized carbons (Fsp3) is 0. The van der Waals surface area contributed by atoms with E-state index in [2.05, 4.69) is 26.8 Å². The Bertz CT molecular complexity index is 641. The number of hydrogen-bond donors (Lipinski definition) is 3. The molecule has 0 heterocycles. The van der Waals surface area contributed by atoms with Crippen LogP contribution in [0.2, 0.25) is 0 Å². The molecule has 0 radical (unpaired) electrons. The molecule has 0 saturated heterocycles. The summed E-state index contributed by atoms with van der Waals surface area (Å²) in [5, 5.41) is 9.27. The first-order chi connectivity index (χ1) is 9.56. The van der Waals surface area contributed by atoms with E-state index in [0.717, 1.165) is 4.47 Å². The molecule has 2 amide bonds. The van der Waals surface area contributed by atoms with Gasteiger partial charge in [-0.25, -0.2) is 0 Å². The van der Waals surface area contributed by atoms with Crippen LogP contribution in [-0.2, 0) is 0 Å². The van der Waals surface area contributed by atoms with Crippen LogP contribution >= 0.6 is 15.9 Å². The molecule has 5 nitrogen and oxygen atoms in total. The third kappa shape index (κ3) is 3.58. The maximum absolute atomic E-state index is 11.8. The van der Waals surface area contributed by atoms with E-state index in [1.807, 2.05) is 0 Å². The Hall–Kier alpha value is -2.34. The summed E-state index contributed by atoms with van der Waals surface area (Å²) in [5.41, 5.74) is 5.25. The van der Waals surface area contributed by atoms with Gasteiger partial charge in [0.05, 0.1) is 0 Å². The minimum atomic E-state index is -0.508. The summed E-state index contributed by atoms with van der Waals surface area (Å²) in [7, 11) is 0. The molecule has 0 fully saturated rings. The highest BCUT2D eigenvalue weighted by Gasteiger charge is 2.09. The molecule has 0 atom stereocenters. The van der Waals surface area contributed by atoms with Gasteiger partial charge in [0.2, 0.25) is 0 Å². The van der Waals surface area contributed by atoms with Gasteiger partial charge < -0.3 is 5.11 Å². The highest BCUT2D eigenvalue weighted by Crippen LogP contribution is 2.11. The van der Waals surface area contributed by atoms with Crippen molar-refractivity contribution in [2.45, 2.75) is 0 Å². The Morgan fingerprint density at radius 2 is 1.50 bits per heavy atom. The lowest BCUT2D eigenvalue weighted by molar-refractivity contribution is 0.0846. The lowest BCUT2D eigenvalue weighted by Crippen LogP contribution is -2.41. The summed E-state index contributed by atoms with van der Waals surface area (Å²) in [6.07, 6.45) is 0. The van der Waals surface area contributed by atoms with Gasteiger partial charge in [-0.15, -0.1) is 0 Å². The summed E-state index contributed by atoms with van der Waals surface area (Å²) >= 11 is 3.27. The van der Waals surface area contributed by atoms with Gasteiger partial charge in [-0.1, -0.05) is 22.0 Å². The summed E-state index contributed by atoms with van der Waals surface area (Å²) in [4.78, 5) is 23.5. The monoisotopic (exact) mass is 334 g/mol. The average Bonchev–Trinajstić information content (AvgIpc) is 2.45. The van der Waals surface area contributed by atoms with Gasteiger partial charge in [-0.3, -0.25) is 20.4 Å². The molecule has 0 aromatic heterocycles. The number of carbonyl (C=O) groups excluding carboxylic acids is 2. The maximum Gasteiger partial charge on any atom is 0.269 e. The van der Waals surface area contributed by atoms with E-state index in [4.69, 9.17) is 0 Å². The summed E-state index contributed by atoms with van der Waals surface area (Å²) in [5.74, 6) is -0.950. The number of hydrogen-bond acceptors (Lipinski definition) is 3. The fourth-order valence-corrected chi connectivity index (χ4v) is 1.77. The van der Waals surface area contributed by atoms with Crippen molar-refractivity contribution in [2.24, 2.45) is 0 Å². The lowest BCUT2D eigenvalue weighted by Gasteiger charge is -2.07. The topological polar surface area (TPSA) is 78.4 Å². The van der Waals surface area contributed by atoms with Gasteiger partial charge >= 0.3 is 0 Å². The molecule has 6 heteroatoms. The van der Waals surface area contributed by atoms with E-state index in [1.54, 1.807) is 30.3 Å². The molecule has 0 unspecified atom stereocenters. The molecule has 2 aromatic rings. The van der Waals surface area contributed by atoms with Crippen LogP contribution in [0.4, 0.5) is 0 Å². The Balaban J connectivity index is 1.96. The molecule has 0 aliphatic rings. The van der Waals surface area contributed by atoms with Crippen molar-refractivity contribution in [1.29, 1.82) is 0 Å². The SMILES string of the molecule is O=C(NNC(=O)c1cccc(O)c1)c1ccc(Br)cc1. The van der Waals surface area contributed by atoms with Gasteiger partial charge in [-0.2, -0.15) is 0 Å². The van der Waals surface area contributed by atoms with E-state index in [0.29, 0.717) is 5.56 Å². The molecule has 0 saturated carbocycles. The van der Waals surface area contributed by atoms with Crippen molar-refractivity contribution in [3.63, 3.8) is 0 Å². The number of phenols is 1. The van der Waals surface area contributed by atoms with E-state index < -0.39 is 11.8 Å². The first kappa shape index (κ1) is 14.1. The minimum absolute atomic E-state index is 0.0168. The number of phenolic OH excluding ortho intramolecular Hbond substituents is 1. The molecule has 0 bridgehead atoms. The minimum Gasteiger partial charge on any atom is -0.508 e. The second kappa shape index (κ2) is 6.21. The molecule has 0 spiro atoms. The third-order valence-corrected chi connectivity index (χ3v) is 3.03. The number of aromatic hydroxyl groups is 1. The Morgan fingerprint density at radius 1 is 0.900 bits per heavy atom. The summed E-state index contributed by atoms with van der Waals surface area (Å²) in [6.45, 7) is 0. The maximum atomic E-state index is 11.8. The van der Waals surface area contributed by atoms with Crippen molar-refractivity contribution >= 4 is 27.7 Å². The van der Waals surface area contributed by atoms with Gasteiger partial charge in [-0.05, 0) is 42.5 Å². The van der Waals surface area contributed by atoms with Crippen molar-refractivity contribution < 1.29 is 14.7 Å². The number of benzene rings is 2. The van der Waals surface area contributed by atoms with E-state index in [-0.39, 0.29) is 11.3 Å². The van der Waals surface area contributed by atoms with Crippen molar-refractivity contribution in [3.8, 4) is 5.75 Å². The van der Waals surface area contributed by atoms with Gasteiger partial charge in [0, 0.05) is 15.6 Å². The highest BCUT2D eigenvalue weighted by atomic mass is 79.9. The standard InChI is InChI=1S/C14H11BrN2O3/c15-11-6-4-9(5-7-11)13(19)16-17-14(20)10-2-1-3-12(18)8-10/h1-8,18H,(H,16,19)(H,17,20). The van der Waals surface area contributed by atoms with Crippen LogP contribution in [0.5, 0.6) is 5.75 Å². The molecule has 102 valence electrons. The van der Waals surface area contributed by atoms with Gasteiger partial charge in [0.1, 0.15) is 5.75 Å². The molecule has 3 N–H and O–H groups in total. The molecule has 20 heavy (non-hydrogen) atoms. The average molecular weight is 335 g/mol. The van der Waals surface area contributed by atoms with Crippen molar-refractivity contribution in [1.82, 2.24) is 10.9 Å². The van der Waals surface area contributed by atoms with Gasteiger partial charge in [0.25, 0.3) is 11.8 Å². The highest BCUT2D eigenvalue weighted by molar-refractivity contribution is 9.10. The smallest absolute Gasteiger partial charge is 0.269 e. The zero-order chi connectivity index (χ0) is 14.5. The van der Waals surface area contributed by atoms with Gasteiger partial charge in [0.15, 0.2) is 0 Å². The quantitative estimate of drug-likeness (QED) is 0.737. The number of carbonyl (C=O) groups is 2. The Kier molecular flexibility index (Phi) is 4.37. The number of rotatable bonds is 2. The number of nitrogens with one attached hydrogen (secondary N) is 2. The fourth-order valence-electron chi connectivity index (χ4n) is 1.51. The normalized spacial score (nSPS) is 9.85. The number of halogens is 1. The molecule has 0 aliphatic carbocycles. The summed E-state index contributed by atoms with van der Waals surface area (Å²) < 4.78 is 0.859. The Labute approximate surface area is 123 Å². The van der Waals surface area contributed by atoms with Crippen molar-refractivity contribution in [3.05, 3.63) is 64.1 Å². The molecular weight excluding hydrogens is 324 g/mol. The molecular formula is C14H11BrN2O3. The van der Waals surface area contributed by atoms with Crippen LogP contribution in [0, 0.1) is 0 Å². The first-order valence-corrected chi connectivity index (χ1v) is 6.51. The zero-order valence-corrected chi connectivity index (χ0v) is 11.8. The largest absolute Gasteiger partial charge is 0.508 e. The Morgan fingerprint density at radius 3 is 2.10 bits per heavy atom. The van der Waals surface area contributed by atoms with Crippen molar-refractivity contribution in [2.75, 3.05) is 0 Å². The van der Waals surface area contributed by atoms with E-state index >= 15 is 0 Å². The predicted molar refractivity (Wildman–Crippen MR) is 77.2 cm³/mol. The second-order valence-corrected chi connectivity index (χ2v) is 4.88. The van der Waals surface area contributed by atoms with E-state index in [9.17, 15) is 14.7 Å². The summed E-state index contributed by atoms with van der Waals surface area (Å²) in [6, 6.07) is 12.5. The zero-order valence-electron chi connectivity index (χ0n) is 10.3. The molecule has 2 rings (SSSR count). The molecule has 2 aromatic carbocycles. The van der Waals surface area contributed by atoms with E-state index in [1.165, 1.54) is 18.2 Å². The second-order valence-electron chi connectivity index (χ2n) is 3.97. The van der Waals surface area contributed by atoms with Crippen LogP contribution in [0.15, 0.2) is 53.0 Å². The molecule has 0 aliphatic heterocycles. The van der Waals surface area contributed by atoms with Crippen LogP contribution < -0.4 is 10.9 Å². The predicted octanol–water partition coefficient (Wildman–Crippen LogP) is 2.23. The van der Waals surface area contributed by atoms with Crippen LogP contribution in [0.1, 0.15) is 20.7 Å². The lowest BCUT2D eigenvalue weighted by atomic mass is 10.2. The third-order valence-electron chi connectivity index (χ3n) is 2.50.